The molecule has 2 heterocycles. The molecule has 0 saturated heterocycles. The summed E-state index contributed by atoms with van der Waals surface area (Å²) in [5.74, 6) is -0.555. The van der Waals surface area contributed by atoms with Crippen LogP contribution in [0.2, 0.25) is 0 Å². The van der Waals surface area contributed by atoms with Crippen molar-refractivity contribution in [1.82, 2.24) is 9.78 Å². The van der Waals surface area contributed by atoms with Gasteiger partial charge < -0.3 is 9.84 Å². The number of nitrogens with zero attached hydrogens (tertiary/aromatic N) is 2. The molecule has 0 atom stereocenters. The molecule has 15 heavy (non-hydrogen) atoms. The second kappa shape index (κ2) is 2.74. The van der Waals surface area contributed by atoms with Gasteiger partial charge in [-0.2, -0.15) is 5.10 Å². The molecule has 3 rings (SSSR count). The molecule has 1 spiro atoms. The van der Waals surface area contributed by atoms with Gasteiger partial charge in [-0.3, -0.25) is 0 Å². The standard InChI is InChI=1S/C10H12N2O3/c13-9(14)7-4-11-12-5-10(2-1-3-10)6-15-8(7)12/h4H,1-3,5-6H2,(H,13,14). The fourth-order valence-corrected chi connectivity index (χ4v) is 2.35. The van der Waals surface area contributed by atoms with Crippen molar-refractivity contribution in [3.63, 3.8) is 0 Å². The number of aromatic nitrogens is 2. The molecule has 0 bridgehead atoms. The molecule has 0 radical (unpaired) electrons. The largest absolute Gasteiger partial charge is 0.477 e. The van der Waals surface area contributed by atoms with Gasteiger partial charge in [0.1, 0.15) is 5.56 Å². The predicted molar refractivity (Wildman–Crippen MR) is 51.0 cm³/mol. The number of carbonyl (C=O) groups is 1. The van der Waals surface area contributed by atoms with Crippen molar-refractivity contribution >= 4 is 5.97 Å². The third-order valence-corrected chi connectivity index (χ3v) is 3.44. The summed E-state index contributed by atoms with van der Waals surface area (Å²) in [6.45, 7) is 1.44. The van der Waals surface area contributed by atoms with Crippen LogP contribution in [0.15, 0.2) is 6.20 Å². The van der Waals surface area contributed by atoms with Crippen molar-refractivity contribution in [3.8, 4) is 5.88 Å². The maximum Gasteiger partial charge on any atom is 0.342 e. The molecule has 1 aromatic rings. The van der Waals surface area contributed by atoms with Crippen LogP contribution in [0.25, 0.3) is 0 Å². The van der Waals surface area contributed by atoms with Crippen LogP contribution in [0.1, 0.15) is 29.6 Å². The highest BCUT2D eigenvalue weighted by Gasteiger charge is 2.42. The van der Waals surface area contributed by atoms with Crippen molar-refractivity contribution in [2.24, 2.45) is 5.41 Å². The minimum atomic E-state index is -0.971. The predicted octanol–water partition coefficient (Wildman–Crippen LogP) is 1.14. The molecule has 5 nitrogen and oxygen atoms in total. The number of hydrogen-bond acceptors (Lipinski definition) is 3. The quantitative estimate of drug-likeness (QED) is 0.751. The molecule has 0 aromatic carbocycles. The summed E-state index contributed by atoms with van der Waals surface area (Å²) in [5, 5.41) is 13.0. The summed E-state index contributed by atoms with van der Waals surface area (Å²) >= 11 is 0. The van der Waals surface area contributed by atoms with E-state index in [1.54, 1.807) is 4.68 Å². The Labute approximate surface area is 86.7 Å². The molecule has 0 unspecified atom stereocenters. The summed E-state index contributed by atoms with van der Waals surface area (Å²) in [6.07, 6.45) is 4.94. The topological polar surface area (TPSA) is 64.3 Å². The molecule has 5 heteroatoms. The minimum Gasteiger partial charge on any atom is -0.477 e. The Morgan fingerprint density at radius 3 is 3.00 bits per heavy atom. The third kappa shape index (κ3) is 1.15. The smallest absolute Gasteiger partial charge is 0.342 e. The number of hydrogen-bond donors (Lipinski definition) is 1. The van der Waals surface area contributed by atoms with Gasteiger partial charge in [0.2, 0.25) is 5.88 Å². The second-order valence-corrected chi connectivity index (χ2v) is 4.47. The van der Waals surface area contributed by atoms with Crippen LogP contribution in [0.5, 0.6) is 5.88 Å². The van der Waals surface area contributed by atoms with E-state index in [2.05, 4.69) is 5.10 Å². The Morgan fingerprint density at radius 2 is 2.40 bits per heavy atom. The Morgan fingerprint density at radius 1 is 1.60 bits per heavy atom. The SMILES string of the molecule is O=C(O)c1cnn2c1OCC1(CCC1)C2. The molecule has 80 valence electrons. The molecular formula is C10H12N2O3. The fraction of sp³-hybridized carbons (Fsp3) is 0.600. The lowest BCUT2D eigenvalue weighted by Gasteiger charge is -2.44. The lowest BCUT2D eigenvalue weighted by Crippen LogP contribution is -2.43. The van der Waals surface area contributed by atoms with Gasteiger partial charge >= 0.3 is 5.97 Å². The van der Waals surface area contributed by atoms with E-state index < -0.39 is 5.97 Å². The average molecular weight is 208 g/mol. The van der Waals surface area contributed by atoms with E-state index in [0.717, 1.165) is 19.4 Å². The van der Waals surface area contributed by atoms with E-state index in [1.807, 2.05) is 0 Å². The second-order valence-electron chi connectivity index (χ2n) is 4.47. The van der Waals surface area contributed by atoms with Gasteiger partial charge in [-0.05, 0) is 12.8 Å². The van der Waals surface area contributed by atoms with E-state index in [4.69, 9.17) is 9.84 Å². The lowest BCUT2D eigenvalue weighted by atomic mass is 9.69. The zero-order valence-corrected chi connectivity index (χ0v) is 8.27. The van der Waals surface area contributed by atoms with Gasteiger partial charge in [-0.1, -0.05) is 6.42 Å². The van der Waals surface area contributed by atoms with Crippen molar-refractivity contribution in [3.05, 3.63) is 11.8 Å². The fourth-order valence-electron chi connectivity index (χ4n) is 2.35. The Bertz CT molecular complexity index is 420. The number of ether oxygens (including phenoxy) is 1. The number of aromatic carboxylic acids is 1. The third-order valence-electron chi connectivity index (χ3n) is 3.44. The number of carboxylic acid groups (broad SMARTS) is 1. The zero-order chi connectivity index (χ0) is 10.5. The summed E-state index contributed by atoms with van der Waals surface area (Å²) in [5.41, 5.74) is 0.401. The number of fused-ring (bicyclic) bond motifs is 1. The summed E-state index contributed by atoms with van der Waals surface area (Å²) in [7, 11) is 0. The van der Waals surface area contributed by atoms with Crippen molar-refractivity contribution in [1.29, 1.82) is 0 Å². The molecule has 2 aliphatic rings. The van der Waals surface area contributed by atoms with E-state index in [1.165, 1.54) is 12.6 Å². The maximum absolute atomic E-state index is 10.8. The molecule has 1 aliphatic heterocycles. The van der Waals surface area contributed by atoms with E-state index in [9.17, 15) is 4.79 Å². The van der Waals surface area contributed by atoms with E-state index >= 15 is 0 Å². The van der Waals surface area contributed by atoms with Crippen LogP contribution < -0.4 is 4.74 Å². The van der Waals surface area contributed by atoms with E-state index in [0.29, 0.717) is 12.5 Å². The number of rotatable bonds is 1. The van der Waals surface area contributed by atoms with Crippen LogP contribution in [0.3, 0.4) is 0 Å². The van der Waals surface area contributed by atoms with E-state index in [-0.39, 0.29) is 11.0 Å². The van der Waals surface area contributed by atoms with Crippen LogP contribution in [0, 0.1) is 5.41 Å². The summed E-state index contributed by atoms with van der Waals surface area (Å²) < 4.78 is 7.22. The van der Waals surface area contributed by atoms with Crippen LogP contribution in [-0.4, -0.2) is 27.5 Å². The summed E-state index contributed by atoms with van der Waals surface area (Å²) in [4.78, 5) is 10.8. The molecule has 1 N–H and O–H groups in total. The highest BCUT2D eigenvalue weighted by molar-refractivity contribution is 5.90. The van der Waals surface area contributed by atoms with Crippen molar-refractivity contribution in [2.75, 3.05) is 6.61 Å². The molecule has 1 fully saturated rings. The maximum atomic E-state index is 10.8. The first kappa shape index (κ1) is 8.76. The average Bonchev–Trinajstić information content (AvgIpc) is 2.57. The molecule has 1 saturated carbocycles. The van der Waals surface area contributed by atoms with Gasteiger partial charge in [-0.25, -0.2) is 9.48 Å². The molecule has 0 amide bonds. The number of carboxylic acids is 1. The zero-order valence-electron chi connectivity index (χ0n) is 8.27. The molecular weight excluding hydrogens is 196 g/mol. The summed E-state index contributed by atoms with van der Waals surface area (Å²) in [6, 6.07) is 0. The van der Waals surface area contributed by atoms with Gasteiger partial charge in [0.15, 0.2) is 0 Å². The van der Waals surface area contributed by atoms with Crippen LogP contribution in [-0.2, 0) is 6.54 Å². The van der Waals surface area contributed by atoms with Crippen molar-refractivity contribution in [2.45, 2.75) is 25.8 Å². The van der Waals surface area contributed by atoms with Gasteiger partial charge in [0.05, 0.1) is 19.3 Å². The lowest BCUT2D eigenvalue weighted by molar-refractivity contribution is 0.00101. The first-order valence-electron chi connectivity index (χ1n) is 5.12. The van der Waals surface area contributed by atoms with Gasteiger partial charge in [-0.15, -0.1) is 0 Å². The van der Waals surface area contributed by atoms with Gasteiger partial charge in [0.25, 0.3) is 0 Å². The Balaban J connectivity index is 1.95. The Hall–Kier alpha value is -1.52. The van der Waals surface area contributed by atoms with Crippen LogP contribution >= 0.6 is 0 Å². The molecule has 1 aliphatic carbocycles. The molecule has 1 aromatic heterocycles. The normalized spacial score (nSPS) is 21.6. The first-order chi connectivity index (χ1) is 7.20. The highest BCUT2D eigenvalue weighted by Crippen LogP contribution is 2.45. The highest BCUT2D eigenvalue weighted by atomic mass is 16.5. The first-order valence-corrected chi connectivity index (χ1v) is 5.12. The monoisotopic (exact) mass is 208 g/mol. The Kier molecular flexibility index (Phi) is 1.60. The minimum absolute atomic E-state index is 0.171. The van der Waals surface area contributed by atoms with Gasteiger partial charge in [0, 0.05) is 5.41 Å². The van der Waals surface area contributed by atoms with Crippen molar-refractivity contribution < 1.29 is 14.6 Å². The van der Waals surface area contributed by atoms with Crippen LogP contribution in [0.4, 0.5) is 0 Å².